The fourth-order valence-electron chi connectivity index (χ4n) is 2.47. The quantitative estimate of drug-likeness (QED) is 0.605. The number of H-pyrrole nitrogens is 1. The van der Waals surface area contributed by atoms with Crippen LogP contribution in [0.5, 0.6) is 0 Å². The molecule has 4 rings (SSSR count). The van der Waals surface area contributed by atoms with Crippen LogP contribution in [0.2, 0.25) is 0 Å². The Morgan fingerprint density at radius 2 is 2.13 bits per heavy atom. The van der Waals surface area contributed by atoms with Crippen molar-refractivity contribution in [3.8, 4) is 0 Å². The first-order valence-corrected chi connectivity index (χ1v) is 8.06. The summed E-state index contributed by atoms with van der Waals surface area (Å²) in [5.74, 6) is -0.232. The second-order valence-corrected chi connectivity index (χ2v) is 6.16. The monoisotopic (exact) mass is 323 g/mol. The first-order chi connectivity index (χ1) is 11.2. The minimum absolute atomic E-state index is 0.232. The molecule has 6 nitrogen and oxygen atoms in total. The van der Waals surface area contributed by atoms with E-state index >= 15 is 0 Å². The van der Waals surface area contributed by atoms with E-state index in [9.17, 15) is 4.79 Å². The summed E-state index contributed by atoms with van der Waals surface area (Å²) in [5.41, 5.74) is 2.19. The minimum Gasteiger partial charge on any atom is -0.349 e. The SMILES string of the molecule is CCc1nnc(NC(=O)c2cc3ccc4cccnc4c3[nH]2)s1. The number of carbonyl (C=O) groups excluding carboxylic acids is 1. The van der Waals surface area contributed by atoms with Gasteiger partial charge in [-0.1, -0.05) is 36.5 Å². The molecule has 23 heavy (non-hydrogen) atoms. The van der Waals surface area contributed by atoms with E-state index in [0.717, 1.165) is 33.2 Å². The van der Waals surface area contributed by atoms with Crippen molar-refractivity contribution in [1.82, 2.24) is 20.2 Å². The van der Waals surface area contributed by atoms with Gasteiger partial charge in [-0.25, -0.2) is 0 Å². The summed E-state index contributed by atoms with van der Waals surface area (Å²) in [6, 6.07) is 9.69. The van der Waals surface area contributed by atoms with Gasteiger partial charge in [0.05, 0.1) is 11.0 Å². The molecule has 3 heterocycles. The average Bonchev–Trinajstić information content (AvgIpc) is 3.21. The summed E-state index contributed by atoms with van der Waals surface area (Å²) in [6.45, 7) is 2.00. The molecule has 0 saturated carbocycles. The van der Waals surface area contributed by atoms with Crippen LogP contribution >= 0.6 is 11.3 Å². The molecule has 0 radical (unpaired) electrons. The lowest BCUT2D eigenvalue weighted by atomic mass is 10.1. The van der Waals surface area contributed by atoms with Crippen LogP contribution in [0, 0.1) is 0 Å². The van der Waals surface area contributed by atoms with Crippen molar-refractivity contribution in [2.45, 2.75) is 13.3 Å². The number of benzene rings is 1. The average molecular weight is 323 g/mol. The standard InChI is InChI=1S/C16H13N5OS/c1-2-12-20-21-16(23-12)19-15(22)11-8-10-6-5-9-4-3-7-17-13(9)14(10)18-11/h3-8,18H,2H2,1H3,(H,19,21,22). The molecule has 0 fully saturated rings. The van der Waals surface area contributed by atoms with Crippen molar-refractivity contribution in [2.24, 2.45) is 0 Å². The van der Waals surface area contributed by atoms with Crippen molar-refractivity contribution in [1.29, 1.82) is 0 Å². The molecule has 0 aliphatic carbocycles. The van der Waals surface area contributed by atoms with Gasteiger partial charge in [0.1, 0.15) is 10.7 Å². The number of amides is 1. The summed E-state index contributed by atoms with van der Waals surface area (Å²) >= 11 is 1.38. The first-order valence-electron chi connectivity index (χ1n) is 7.25. The Balaban J connectivity index is 1.71. The summed E-state index contributed by atoms with van der Waals surface area (Å²) in [7, 11) is 0. The molecule has 0 aliphatic heterocycles. The third kappa shape index (κ3) is 2.44. The number of hydrogen-bond donors (Lipinski definition) is 2. The Kier molecular flexibility index (Phi) is 3.27. The van der Waals surface area contributed by atoms with Gasteiger partial charge in [0.15, 0.2) is 0 Å². The van der Waals surface area contributed by atoms with E-state index in [1.165, 1.54) is 11.3 Å². The predicted octanol–water partition coefficient (Wildman–Crippen LogP) is 3.38. The molecule has 2 N–H and O–H groups in total. The molecule has 0 bridgehead atoms. The highest BCUT2D eigenvalue weighted by Gasteiger charge is 2.14. The number of aromatic amines is 1. The maximum atomic E-state index is 12.4. The lowest BCUT2D eigenvalue weighted by Crippen LogP contribution is -2.11. The second-order valence-electron chi connectivity index (χ2n) is 5.10. The molecule has 1 aromatic carbocycles. The summed E-state index contributed by atoms with van der Waals surface area (Å²) < 4.78 is 0. The smallest absolute Gasteiger partial charge is 0.273 e. The Hall–Kier alpha value is -2.80. The van der Waals surface area contributed by atoms with E-state index in [0.29, 0.717) is 10.8 Å². The minimum atomic E-state index is -0.232. The molecule has 1 amide bonds. The molecule has 0 unspecified atom stereocenters. The zero-order chi connectivity index (χ0) is 15.8. The van der Waals surface area contributed by atoms with Crippen molar-refractivity contribution in [3.63, 3.8) is 0 Å². The van der Waals surface area contributed by atoms with Gasteiger partial charge in [-0.15, -0.1) is 10.2 Å². The third-order valence-corrected chi connectivity index (χ3v) is 4.58. The van der Waals surface area contributed by atoms with Gasteiger partial charge in [0, 0.05) is 17.0 Å². The van der Waals surface area contributed by atoms with Gasteiger partial charge in [-0.05, 0) is 18.6 Å². The van der Waals surface area contributed by atoms with Crippen LogP contribution in [0.1, 0.15) is 22.4 Å². The number of aromatic nitrogens is 4. The van der Waals surface area contributed by atoms with Gasteiger partial charge in [0.2, 0.25) is 5.13 Å². The van der Waals surface area contributed by atoms with E-state index in [1.807, 2.05) is 37.3 Å². The fraction of sp³-hybridized carbons (Fsp3) is 0.125. The molecule has 0 aliphatic rings. The highest BCUT2D eigenvalue weighted by molar-refractivity contribution is 7.15. The fourth-order valence-corrected chi connectivity index (χ4v) is 3.15. The van der Waals surface area contributed by atoms with Gasteiger partial charge in [-0.2, -0.15) is 0 Å². The van der Waals surface area contributed by atoms with E-state index in [1.54, 1.807) is 6.20 Å². The van der Waals surface area contributed by atoms with Gasteiger partial charge >= 0.3 is 0 Å². The van der Waals surface area contributed by atoms with Gasteiger partial charge in [-0.3, -0.25) is 15.1 Å². The maximum absolute atomic E-state index is 12.4. The number of rotatable bonds is 3. The lowest BCUT2D eigenvalue weighted by molar-refractivity contribution is 0.102. The third-order valence-electron chi connectivity index (χ3n) is 3.60. The number of fused-ring (bicyclic) bond motifs is 3. The van der Waals surface area contributed by atoms with Crippen molar-refractivity contribution >= 4 is 44.2 Å². The summed E-state index contributed by atoms with van der Waals surface area (Å²) in [6.07, 6.45) is 2.55. The predicted molar refractivity (Wildman–Crippen MR) is 90.8 cm³/mol. The Morgan fingerprint density at radius 3 is 2.96 bits per heavy atom. The zero-order valence-electron chi connectivity index (χ0n) is 12.3. The van der Waals surface area contributed by atoms with Crippen molar-refractivity contribution < 1.29 is 4.79 Å². The molecule has 4 aromatic rings. The molecule has 0 spiro atoms. The van der Waals surface area contributed by atoms with Gasteiger partial charge < -0.3 is 4.98 Å². The highest BCUT2D eigenvalue weighted by Crippen LogP contribution is 2.24. The molecule has 0 atom stereocenters. The molecule has 114 valence electrons. The maximum Gasteiger partial charge on any atom is 0.273 e. The molecule has 3 aromatic heterocycles. The molecular formula is C16H13N5OS. The Bertz CT molecular complexity index is 1020. The lowest BCUT2D eigenvalue weighted by Gasteiger charge is -1.98. The first kappa shape index (κ1) is 13.8. The van der Waals surface area contributed by atoms with E-state index in [4.69, 9.17) is 0 Å². The molecule has 7 heteroatoms. The Labute approximate surface area is 135 Å². The van der Waals surface area contributed by atoms with Crippen LogP contribution in [0.3, 0.4) is 0 Å². The van der Waals surface area contributed by atoms with Crippen LogP contribution in [-0.2, 0) is 6.42 Å². The topological polar surface area (TPSA) is 83.6 Å². The second kappa shape index (κ2) is 5.44. The number of hydrogen-bond acceptors (Lipinski definition) is 5. The van der Waals surface area contributed by atoms with Gasteiger partial charge in [0.25, 0.3) is 5.91 Å². The molecule has 0 saturated heterocycles. The zero-order valence-corrected chi connectivity index (χ0v) is 13.1. The number of carbonyl (C=O) groups is 1. The molecular weight excluding hydrogens is 310 g/mol. The van der Waals surface area contributed by atoms with Crippen LogP contribution in [0.4, 0.5) is 5.13 Å². The Morgan fingerprint density at radius 1 is 1.26 bits per heavy atom. The van der Waals surface area contributed by atoms with Crippen LogP contribution < -0.4 is 5.32 Å². The highest BCUT2D eigenvalue weighted by atomic mass is 32.1. The van der Waals surface area contributed by atoms with E-state index in [2.05, 4.69) is 25.5 Å². The number of anilines is 1. The normalized spacial score (nSPS) is 11.2. The number of nitrogens with one attached hydrogen (secondary N) is 2. The largest absolute Gasteiger partial charge is 0.349 e. The van der Waals surface area contributed by atoms with Crippen LogP contribution in [0.25, 0.3) is 21.8 Å². The van der Waals surface area contributed by atoms with Crippen LogP contribution in [-0.4, -0.2) is 26.1 Å². The van der Waals surface area contributed by atoms with E-state index in [-0.39, 0.29) is 5.91 Å². The number of aryl methyl sites for hydroxylation is 1. The van der Waals surface area contributed by atoms with Crippen molar-refractivity contribution in [2.75, 3.05) is 5.32 Å². The van der Waals surface area contributed by atoms with Crippen molar-refractivity contribution in [3.05, 3.63) is 47.2 Å². The van der Waals surface area contributed by atoms with E-state index < -0.39 is 0 Å². The number of nitrogens with zero attached hydrogens (tertiary/aromatic N) is 3. The van der Waals surface area contributed by atoms with Crippen LogP contribution in [0.15, 0.2) is 36.5 Å². The summed E-state index contributed by atoms with van der Waals surface area (Å²) in [5, 5.41) is 14.1. The number of pyridine rings is 1. The summed E-state index contributed by atoms with van der Waals surface area (Å²) in [4.78, 5) is 20.0.